The molecule has 1 atom stereocenters. The number of alkyl halides is 3. The van der Waals surface area contributed by atoms with Gasteiger partial charge in [-0.3, -0.25) is 9.59 Å². The van der Waals surface area contributed by atoms with Crippen LogP contribution in [0.25, 0.3) is 0 Å². The summed E-state index contributed by atoms with van der Waals surface area (Å²) in [7, 11) is 0. The molecule has 100 valence electrons. The summed E-state index contributed by atoms with van der Waals surface area (Å²) in [5, 5.41) is 10.3. The minimum atomic E-state index is -4.82. The number of amides is 1. The number of halogens is 3. The molecule has 0 bridgehead atoms. The number of hydrogen-bond acceptors (Lipinski definition) is 3. The molecule has 0 aliphatic heterocycles. The van der Waals surface area contributed by atoms with Crippen LogP contribution < -0.4 is 11.1 Å². The summed E-state index contributed by atoms with van der Waals surface area (Å²) >= 11 is 0. The number of unbranched alkanes of at least 4 members (excludes halogenated alkanes) is 1. The van der Waals surface area contributed by atoms with E-state index in [1.54, 1.807) is 0 Å². The molecular weight excluding hydrogens is 241 g/mol. The van der Waals surface area contributed by atoms with Gasteiger partial charge >= 0.3 is 12.1 Å². The zero-order valence-electron chi connectivity index (χ0n) is 9.30. The third-order valence-corrected chi connectivity index (χ3v) is 2.16. The highest BCUT2D eigenvalue weighted by molar-refractivity contribution is 5.86. The Morgan fingerprint density at radius 2 is 1.82 bits per heavy atom. The summed E-state index contributed by atoms with van der Waals surface area (Å²) in [6.45, 7) is 0.550. The molecule has 1 unspecified atom stereocenters. The summed E-state index contributed by atoms with van der Waals surface area (Å²) < 4.78 is 36.9. The van der Waals surface area contributed by atoms with Gasteiger partial charge in [0.15, 0.2) is 5.54 Å². The number of aliphatic carboxylic acids is 1. The molecule has 0 heterocycles. The lowest BCUT2D eigenvalue weighted by Gasteiger charge is -2.26. The molecule has 0 aliphatic carbocycles. The molecule has 8 heteroatoms. The van der Waals surface area contributed by atoms with Gasteiger partial charge in [0.2, 0.25) is 5.91 Å². The van der Waals surface area contributed by atoms with E-state index in [1.165, 1.54) is 0 Å². The molecule has 0 fully saturated rings. The lowest BCUT2D eigenvalue weighted by atomic mass is 10.0. The second-order valence-electron chi connectivity index (χ2n) is 3.81. The van der Waals surface area contributed by atoms with Crippen molar-refractivity contribution in [3.05, 3.63) is 0 Å². The Labute approximate surface area is 96.2 Å². The fraction of sp³-hybridized carbons (Fsp3) is 0.778. The number of carboxylic acid groups (broad SMARTS) is 1. The molecule has 0 rings (SSSR count). The van der Waals surface area contributed by atoms with E-state index in [9.17, 15) is 22.8 Å². The van der Waals surface area contributed by atoms with Gasteiger partial charge in [0, 0.05) is 13.0 Å². The van der Waals surface area contributed by atoms with Crippen molar-refractivity contribution in [2.45, 2.75) is 37.9 Å². The highest BCUT2D eigenvalue weighted by Gasteiger charge is 2.53. The fourth-order valence-electron chi connectivity index (χ4n) is 0.915. The zero-order chi connectivity index (χ0) is 13.7. The molecule has 0 aromatic carbocycles. The maximum absolute atomic E-state index is 12.3. The molecule has 4 N–H and O–H groups in total. The first-order valence-corrected chi connectivity index (χ1v) is 4.94. The van der Waals surface area contributed by atoms with Gasteiger partial charge in [-0.15, -0.1) is 0 Å². The molecule has 0 saturated carbocycles. The molecule has 0 radical (unpaired) electrons. The van der Waals surface area contributed by atoms with Crippen LogP contribution in [0.1, 0.15) is 26.2 Å². The average Bonchev–Trinajstić information content (AvgIpc) is 2.14. The average molecular weight is 256 g/mol. The van der Waals surface area contributed by atoms with Gasteiger partial charge in [-0.2, -0.15) is 13.2 Å². The van der Waals surface area contributed by atoms with Gasteiger partial charge in [-0.25, -0.2) is 0 Å². The van der Waals surface area contributed by atoms with Crippen LogP contribution in [-0.4, -0.2) is 35.2 Å². The van der Waals surface area contributed by atoms with Crippen LogP contribution >= 0.6 is 0 Å². The van der Waals surface area contributed by atoms with Crippen molar-refractivity contribution in [3.63, 3.8) is 0 Å². The van der Waals surface area contributed by atoms with E-state index in [1.807, 2.05) is 5.32 Å². The van der Waals surface area contributed by atoms with Gasteiger partial charge in [-0.1, -0.05) is 0 Å². The van der Waals surface area contributed by atoms with Gasteiger partial charge in [-0.05, 0) is 19.8 Å². The van der Waals surface area contributed by atoms with Crippen LogP contribution in [0.5, 0.6) is 0 Å². The van der Waals surface area contributed by atoms with Crippen LogP contribution in [0.4, 0.5) is 13.2 Å². The second kappa shape index (κ2) is 5.85. The molecule has 0 aromatic rings. The maximum Gasteiger partial charge on any atom is 0.415 e. The molecule has 0 aromatic heterocycles. The number of carboxylic acids is 1. The Morgan fingerprint density at radius 3 is 2.24 bits per heavy atom. The first-order valence-electron chi connectivity index (χ1n) is 4.94. The van der Waals surface area contributed by atoms with Crippen molar-refractivity contribution in [3.8, 4) is 0 Å². The predicted molar refractivity (Wildman–Crippen MR) is 53.1 cm³/mol. The smallest absolute Gasteiger partial charge is 0.415 e. The van der Waals surface area contributed by atoms with Gasteiger partial charge in [0.25, 0.3) is 0 Å². The van der Waals surface area contributed by atoms with Crippen molar-refractivity contribution in [1.82, 2.24) is 5.32 Å². The van der Waals surface area contributed by atoms with Crippen LogP contribution in [0.2, 0.25) is 0 Å². The van der Waals surface area contributed by atoms with Crippen LogP contribution in [0.3, 0.4) is 0 Å². The molecular formula is C9H15F3N2O3. The van der Waals surface area contributed by atoms with Crippen molar-refractivity contribution in [1.29, 1.82) is 0 Å². The van der Waals surface area contributed by atoms with Crippen molar-refractivity contribution < 1.29 is 27.9 Å². The SMILES string of the molecule is CC(N)(C(=O)NCCCCC(=O)O)C(F)(F)F. The first-order chi connectivity index (χ1) is 7.59. The maximum atomic E-state index is 12.3. The normalized spacial score (nSPS) is 15.1. The number of carbonyl (C=O) groups excluding carboxylic acids is 1. The molecule has 1 amide bonds. The Morgan fingerprint density at radius 1 is 1.29 bits per heavy atom. The van der Waals surface area contributed by atoms with E-state index < -0.39 is 23.6 Å². The van der Waals surface area contributed by atoms with E-state index in [4.69, 9.17) is 10.8 Å². The lowest BCUT2D eigenvalue weighted by molar-refractivity contribution is -0.187. The number of nitrogens with two attached hydrogens (primary N) is 1. The summed E-state index contributed by atoms with van der Waals surface area (Å²) in [6, 6.07) is 0. The largest absolute Gasteiger partial charge is 0.481 e. The minimum absolute atomic E-state index is 0.0328. The molecule has 0 aliphatic rings. The highest BCUT2D eigenvalue weighted by atomic mass is 19.4. The third kappa shape index (κ3) is 5.03. The van der Waals surface area contributed by atoms with E-state index in [2.05, 4.69) is 0 Å². The van der Waals surface area contributed by atoms with E-state index in [0.717, 1.165) is 0 Å². The third-order valence-electron chi connectivity index (χ3n) is 2.16. The molecule has 5 nitrogen and oxygen atoms in total. The fourth-order valence-corrected chi connectivity index (χ4v) is 0.915. The van der Waals surface area contributed by atoms with Crippen LogP contribution in [0.15, 0.2) is 0 Å². The van der Waals surface area contributed by atoms with Crippen LogP contribution in [0, 0.1) is 0 Å². The van der Waals surface area contributed by atoms with E-state index in [-0.39, 0.29) is 25.8 Å². The number of hydrogen-bond donors (Lipinski definition) is 3. The Hall–Kier alpha value is -1.31. The van der Waals surface area contributed by atoms with Crippen molar-refractivity contribution in [2.75, 3.05) is 6.54 Å². The number of nitrogens with one attached hydrogen (secondary N) is 1. The molecule has 0 saturated heterocycles. The highest BCUT2D eigenvalue weighted by Crippen LogP contribution is 2.27. The number of carbonyl (C=O) groups is 2. The van der Waals surface area contributed by atoms with Crippen molar-refractivity contribution in [2.24, 2.45) is 5.73 Å². The number of rotatable bonds is 6. The summed E-state index contributed by atoms with van der Waals surface area (Å²) in [6.07, 6.45) is -4.35. The summed E-state index contributed by atoms with van der Waals surface area (Å²) in [4.78, 5) is 21.3. The first kappa shape index (κ1) is 15.7. The zero-order valence-corrected chi connectivity index (χ0v) is 9.30. The van der Waals surface area contributed by atoms with Crippen molar-refractivity contribution >= 4 is 11.9 Å². The molecule has 17 heavy (non-hydrogen) atoms. The van der Waals surface area contributed by atoms with Gasteiger partial charge < -0.3 is 16.2 Å². The van der Waals surface area contributed by atoms with E-state index >= 15 is 0 Å². The quantitative estimate of drug-likeness (QED) is 0.608. The topological polar surface area (TPSA) is 92.4 Å². The second-order valence-corrected chi connectivity index (χ2v) is 3.81. The van der Waals surface area contributed by atoms with Crippen LogP contribution in [-0.2, 0) is 9.59 Å². The molecule has 0 spiro atoms. The minimum Gasteiger partial charge on any atom is -0.481 e. The lowest BCUT2D eigenvalue weighted by Crippen LogP contribution is -2.61. The standard InChI is InChI=1S/C9H15F3N2O3/c1-8(13,9(10,11)12)7(17)14-5-3-2-4-6(15)16/h2-5,13H2,1H3,(H,14,17)(H,15,16). The Balaban J connectivity index is 3.99. The predicted octanol–water partition coefficient (Wildman–Crippen LogP) is 0.637. The monoisotopic (exact) mass is 256 g/mol. The Bertz CT molecular complexity index is 290. The van der Waals surface area contributed by atoms with Gasteiger partial charge in [0.1, 0.15) is 0 Å². The Kier molecular flexibility index (Phi) is 5.40. The van der Waals surface area contributed by atoms with E-state index in [0.29, 0.717) is 6.92 Å². The van der Waals surface area contributed by atoms with Gasteiger partial charge in [0.05, 0.1) is 0 Å². The summed E-state index contributed by atoms with van der Waals surface area (Å²) in [5.74, 6) is -2.31. The summed E-state index contributed by atoms with van der Waals surface area (Å²) in [5.41, 5.74) is 1.94.